The minimum Gasteiger partial charge on any atom is -0.492 e. The van der Waals surface area contributed by atoms with Crippen molar-refractivity contribution in [1.82, 2.24) is 0 Å². The van der Waals surface area contributed by atoms with Crippen molar-refractivity contribution in [3.63, 3.8) is 0 Å². The molecule has 0 amide bonds. The van der Waals surface area contributed by atoms with Gasteiger partial charge in [-0.2, -0.15) is 0 Å². The molecular weight excluding hydrogens is 271 g/mol. The van der Waals surface area contributed by atoms with E-state index in [1.54, 1.807) is 0 Å². The van der Waals surface area contributed by atoms with Crippen molar-refractivity contribution >= 4 is 28.5 Å². The standard InChI is InChI=1S/C11H12BBrO3/c1-2-8-10-7(13)3-4-9-11(10)12(16-8)15-6-5-14-9/h3-4,8H,2,5-6H2,1H3. The van der Waals surface area contributed by atoms with Gasteiger partial charge in [0, 0.05) is 9.94 Å². The second-order valence-corrected chi connectivity index (χ2v) is 4.81. The van der Waals surface area contributed by atoms with Gasteiger partial charge in [-0.25, -0.2) is 0 Å². The van der Waals surface area contributed by atoms with Gasteiger partial charge in [-0.1, -0.05) is 22.9 Å². The second-order valence-electron chi connectivity index (χ2n) is 3.96. The van der Waals surface area contributed by atoms with E-state index < -0.39 is 0 Å². The topological polar surface area (TPSA) is 27.7 Å². The van der Waals surface area contributed by atoms with Gasteiger partial charge in [-0.3, -0.25) is 0 Å². The fraction of sp³-hybridized carbons (Fsp3) is 0.455. The second kappa shape index (κ2) is 4.06. The summed E-state index contributed by atoms with van der Waals surface area (Å²) < 4.78 is 18.3. The predicted octanol–water partition coefficient (Wildman–Crippen LogP) is 2.03. The van der Waals surface area contributed by atoms with Crippen molar-refractivity contribution in [3.8, 4) is 5.75 Å². The van der Waals surface area contributed by atoms with E-state index in [0.29, 0.717) is 13.2 Å². The van der Waals surface area contributed by atoms with Gasteiger partial charge in [-0.15, -0.1) is 0 Å². The molecule has 0 bridgehead atoms. The van der Waals surface area contributed by atoms with Crippen molar-refractivity contribution in [2.24, 2.45) is 0 Å². The lowest BCUT2D eigenvalue weighted by atomic mass is 9.78. The molecule has 2 heterocycles. The maximum Gasteiger partial charge on any atom is 0.498 e. The maximum absolute atomic E-state index is 5.89. The van der Waals surface area contributed by atoms with E-state index in [9.17, 15) is 0 Å². The van der Waals surface area contributed by atoms with Crippen LogP contribution in [0, 0.1) is 0 Å². The van der Waals surface area contributed by atoms with Crippen LogP contribution in [0.25, 0.3) is 0 Å². The molecule has 0 saturated carbocycles. The molecule has 0 N–H and O–H groups in total. The zero-order chi connectivity index (χ0) is 11.1. The summed E-state index contributed by atoms with van der Waals surface area (Å²) in [5.74, 6) is 0.900. The van der Waals surface area contributed by atoms with E-state index in [1.165, 1.54) is 5.56 Å². The number of ether oxygens (including phenoxy) is 1. The van der Waals surface area contributed by atoms with E-state index in [1.807, 2.05) is 12.1 Å². The molecule has 1 atom stereocenters. The van der Waals surface area contributed by atoms with Gasteiger partial charge in [0.1, 0.15) is 12.4 Å². The van der Waals surface area contributed by atoms with Crippen LogP contribution in [0.5, 0.6) is 5.75 Å². The van der Waals surface area contributed by atoms with Crippen molar-refractivity contribution in [2.45, 2.75) is 19.4 Å². The van der Waals surface area contributed by atoms with Crippen LogP contribution >= 0.6 is 15.9 Å². The Bertz CT molecular complexity index is 424. The highest BCUT2D eigenvalue weighted by Crippen LogP contribution is 2.36. The molecule has 2 aliphatic heterocycles. The number of rotatable bonds is 1. The highest BCUT2D eigenvalue weighted by Gasteiger charge is 2.41. The molecule has 3 rings (SSSR count). The molecule has 0 radical (unpaired) electrons. The molecule has 0 aromatic heterocycles. The summed E-state index contributed by atoms with van der Waals surface area (Å²) in [6.45, 7) is 3.28. The van der Waals surface area contributed by atoms with Crippen LogP contribution in [0.3, 0.4) is 0 Å². The van der Waals surface area contributed by atoms with Crippen molar-refractivity contribution in [2.75, 3.05) is 13.2 Å². The quantitative estimate of drug-likeness (QED) is 0.738. The summed E-state index contributed by atoms with van der Waals surface area (Å²) in [6.07, 6.45) is 1.05. The van der Waals surface area contributed by atoms with Gasteiger partial charge in [0.25, 0.3) is 0 Å². The molecule has 3 nitrogen and oxygen atoms in total. The highest BCUT2D eigenvalue weighted by molar-refractivity contribution is 9.10. The van der Waals surface area contributed by atoms with Crippen LogP contribution in [-0.4, -0.2) is 20.3 Å². The van der Waals surface area contributed by atoms with Crippen LogP contribution in [0.4, 0.5) is 0 Å². The summed E-state index contributed by atoms with van der Waals surface area (Å²) in [4.78, 5) is 0. The van der Waals surface area contributed by atoms with Gasteiger partial charge in [0.2, 0.25) is 0 Å². The van der Waals surface area contributed by atoms with E-state index >= 15 is 0 Å². The zero-order valence-electron chi connectivity index (χ0n) is 9.03. The first-order valence-electron chi connectivity index (χ1n) is 5.53. The fourth-order valence-corrected chi connectivity index (χ4v) is 2.90. The van der Waals surface area contributed by atoms with Crippen molar-refractivity contribution in [3.05, 3.63) is 22.2 Å². The Morgan fingerprint density at radius 2 is 2.31 bits per heavy atom. The van der Waals surface area contributed by atoms with Gasteiger partial charge >= 0.3 is 7.12 Å². The largest absolute Gasteiger partial charge is 0.498 e. The summed E-state index contributed by atoms with van der Waals surface area (Å²) in [7, 11) is -0.255. The predicted molar refractivity (Wildman–Crippen MR) is 65.1 cm³/mol. The number of halogens is 1. The Balaban J connectivity index is 2.17. The summed E-state index contributed by atoms with van der Waals surface area (Å²) >= 11 is 3.58. The van der Waals surface area contributed by atoms with Gasteiger partial charge in [0.15, 0.2) is 0 Å². The van der Waals surface area contributed by atoms with Crippen LogP contribution in [-0.2, 0) is 9.31 Å². The zero-order valence-corrected chi connectivity index (χ0v) is 10.6. The van der Waals surface area contributed by atoms with Crippen LogP contribution in [0.1, 0.15) is 25.0 Å². The number of hydrogen-bond acceptors (Lipinski definition) is 3. The van der Waals surface area contributed by atoms with Crippen LogP contribution in [0.15, 0.2) is 16.6 Å². The van der Waals surface area contributed by atoms with Crippen LogP contribution < -0.4 is 10.2 Å². The van der Waals surface area contributed by atoms with Crippen LogP contribution in [0.2, 0.25) is 0 Å². The average molecular weight is 283 g/mol. The van der Waals surface area contributed by atoms with E-state index in [0.717, 1.165) is 22.1 Å². The first-order chi connectivity index (χ1) is 7.81. The van der Waals surface area contributed by atoms with Crippen molar-refractivity contribution < 1.29 is 14.0 Å². The van der Waals surface area contributed by atoms with Gasteiger partial charge in [0.05, 0.1) is 12.7 Å². The van der Waals surface area contributed by atoms with Gasteiger partial charge in [-0.05, 0) is 24.1 Å². The number of hydrogen-bond donors (Lipinski definition) is 0. The van der Waals surface area contributed by atoms with E-state index in [-0.39, 0.29) is 13.2 Å². The number of benzene rings is 1. The Kier molecular flexibility index (Phi) is 2.69. The third kappa shape index (κ3) is 1.50. The highest BCUT2D eigenvalue weighted by atomic mass is 79.9. The molecule has 1 unspecified atom stereocenters. The molecule has 84 valence electrons. The maximum atomic E-state index is 5.89. The smallest absolute Gasteiger partial charge is 0.492 e. The molecule has 5 heteroatoms. The Morgan fingerprint density at radius 1 is 1.44 bits per heavy atom. The normalized spacial score (nSPS) is 22.6. The molecule has 1 aromatic carbocycles. The molecule has 0 aliphatic carbocycles. The summed E-state index contributed by atoms with van der Waals surface area (Å²) in [6, 6.07) is 4.00. The molecule has 0 saturated heterocycles. The Hall–Kier alpha value is -0.515. The Morgan fingerprint density at radius 3 is 3.12 bits per heavy atom. The summed E-state index contributed by atoms with van der Waals surface area (Å²) in [5, 5.41) is 0. The lowest BCUT2D eigenvalue weighted by molar-refractivity contribution is 0.141. The molecule has 16 heavy (non-hydrogen) atoms. The third-order valence-corrected chi connectivity index (χ3v) is 3.71. The first kappa shape index (κ1) is 10.6. The summed E-state index contributed by atoms with van der Waals surface area (Å²) in [5.41, 5.74) is 2.26. The molecule has 2 aliphatic rings. The Labute approximate surface area is 103 Å². The lowest BCUT2D eigenvalue weighted by Gasteiger charge is -2.13. The molecule has 0 fully saturated rings. The van der Waals surface area contributed by atoms with E-state index in [2.05, 4.69) is 22.9 Å². The molecule has 0 spiro atoms. The molecule has 1 aromatic rings. The first-order valence-corrected chi connectivity index (χ1v) is 6.32. The third-order valence-electron chi connectivity index (χ3n) is 3.02. The van der Waals surface area contributed by atoms with E-state index in [4.69, 9.17) is 14.0 Å². The van der Waals surface area contributed by atoms with Crippen molar-refractivity contribution in [1.29, 1.82) is 0 Å². The lowest BCUT2D eigenvalue weighted by Crippen LogP contribution is -2.31. The SMILES string of the molecule is CCC1OB2OCCOc3ccc(Br)c1c32. The minimum atomic E-state index is -0.255. The van der Waals surface area contributed by atoms with Gasteiger partial charge < -0.3 is 14.0 Å². The molecular formula is C11H12BBrO3. The average Bonchev–Trinajstić information content (AvgIpc) is 2.55. The fourth-order valence-electron chi connectivity index (χ4n) is 2.30. The minimum absolute atomic E-state index is 0.107. The monoisotopic (exact) mass is 282 g/mol.